The number of nitrogen functional groups attached to an aromatic ring is 1. The van der Waals surface area contributed by atoms with Gasteiger partial charge >= 0.3 is 0 Å². The zero-order valence-electron chi connectivity index (χ0n) is 8.80. The first-order valence-electron chi connectivity index (χ1n) is 4.82. The van der Waals surface area contributed by atoms with Gasteiger partial charge in [-0.25, -0.2) is 15.8 Å². The van der Waals surface area contributed by atoms with Crippen LogP contribution in [0.2, 0.25) is 0 Å². The summed E-state index contributed by atoms with van der Waals surface area (Å²) in [7, 11) is 0. The fourth-order valence-corrected chi connectivity index (χ4v) is 1.86. The van der Waals surface area contributed by atoms with Gasteiger partial charge in [0.2, 0.25) is 0 Å². The second-order valence-electron chi connectivity index (χ2n) is 3.37. The van der Waals surface area contributed by atoms with Gasteiger partial charge < -0.3 is 5.43 Å². The van der Waals surface area contributed by atoms with E-state index in [1.807, 2.05) is 28.7 Å². The van der Waals surface area contributed by atoms with Crippen molar-refractivity contribution in [3.05, 3.63) is 50.3 Å². The highest BCUT2D eigenvalue weighted by molar-refractivity contribution is 14.1. The van der Waals surface area contributed by atoms with Crippen LogP contribution >= 0.6 is 22.6 Å². The van der Waals surface area contributed by atoms with Crippen LogP contribution in [-0.4, -0.2) is 14.5 Å². The number of aromatic nitrogens is 3. The molecule has 0 saturated heterocycles. The van der Waals surface area contributed by atoms with E-state index >= 15 is 0 Å². The van der Waals surface area contributed by atoms with Gasteiger partial charge in [-0.2, -0.15) is 0 Å². The Kier molecular flexibility index (Phi) is 3.69. The number of nitrogens with two attached hydrogens (primary N) is 1. The first kappa shape index (κ1) is 12.0. The van der Waals surface area contributed by atoms with Gasteiger partial charge in [0, 0.05) is 12.4 Å². The molecule has 6 nitrogen and oxygen atoms in total. The molecule has 0 spiro atoms. The number of hydrogen-bond acceptors (Lipinski definition) is 5. The molecular formula is C10H10IN5O. The third-order valence-corrected chi connectivity index (χ3v) is 2.92. The fraction of sp³-hybridized carbons (Fsp3) is 0.100. The van der Waals surface area contributed by atoms with Crippen molar-refractivity contribution in [1.29, 1.82) is 0 Å². The summed E-state index contributed by atoms with van der Waals surface area (Å²) in [6.45, 7) is 0.444. The monoisotopic (exact) mass is 343 g/mol. The molecule has 0 aliphatic carbocycles. The summed E-state index contributed by atoms with van der Waals surface area (Å²) in [5.74, 6) is 5.84. The van der Waals surface area contributed by atoms with E-state index in [1.54, 1.807) is 18.5 Å². The molecule has 0 amide bonds. The molecule has 0 radical (unpaired) electrons. The Morgan fingerprint density at radius 3 is 3.12 bits per heavy atom. The number of rotatable bonds is 3. The maximum Gasteiger partial charge on any atom is 0.267 e. The van der Waals surface area contributed by atoms with Gasteiger partial charge in [-0.15, -0.1) is 0 Å². The number of hydrazine groups is 1. The number of nitrogens with zero attached hydrogens (tertiary/aromatic N) is 3. The van der Waals surface area contributed by atoms with Crippen LogP contribution in [-0.2, 0) is 6.54 Å². The molecule has 17 heavy (non-hydrogen) atoms. The molecule has 2 aromatic heterocycles. The molecule has 0 unspecified atom stereocenters. The van der Waals surface area contributed by atoms with Crippen molar-refractivity contribution in [2.75, 3.05) is 5.43 Å². The molecule has 0 aliphatic heterocycles. The highest BCUT2D eigenvalue weighted by Gasteiger charge is 2.02. The SMILES string of the molecule is NNc1cc(Cn2cncc(I)c2=O)ccn1. The largest absolute Gasteiger partial charge is 0.308 e. The third-order valence-electron chi connectivity index (χ3n) is 2.18. The third kappa shape index (κ3) is 2.80. The number of anilines is 1. The molecule has 2 aromatic rings. The Balaban J connectivity index is 2.31. The molecule has 2 rings (SSSR count). The second-order valence-corrected chi connectivity index (χ2v) is 4.53. The lowest BCUT2D eigenvalue weighted by molar-refractivity contribution is 0.729. The van der Waals surface area contributed by atoms with Gasteiger partial charge in [0.05, 0.1) is 16.4 Å². The molecule has 0 saturated carbocycles. The number of pyridine rings is 1. The van der Waals surface area contributed by atoms with Gasteiger partial charge in [-0.1, -0.05) is 0 Å². The molecule has 2 heterocycles. The van der Waals surface area contributed by atoms with E-state index in [4.69, 9.17) is 5.84 Å². The van der Waals surface area contributed by atoms with Crippen molar-refractivity contribution < 1.29 is 0 Å². The van der Waals surface area contributed by atoms with Crippen LogP contribution in [0.1, 0.15) is 5.56 Å². The Bertz CT molecular complexity index is 583. The van der Waals surface area contributed by atoms with Crippen LogP contribution in [0.5, 0.6) is 0 Å². The minimum atomic E-state index is -0.0559. The Hall–Kier alpha value is -1.48. The number of nitrogens with one attached hydrogen (secondary N) is 1. The molecule has 7 heteroatoms. The lowest BCUT2D eigenvalue weighted by Gasteiger charge is -2.06. The van der Waals surface area contributed by atoms with Crippen molar-refractivity contribution in [3.63, 3.8) is 0 Å². The highest BCUT2D eigenvalue weighted by Crippen LogP contribution is 2.06. The molecule has 0 aliphatic rings. The van der Waals surface area contributed by atoms with E-state index in [0.29, 0.717) is 15.9 Å². The maximum atomic E-state index is 11.8. The lowest BCUT2D eigenvalue weighted by atomic mass is 10.2. The molecule has 0 bridgehead atoms. The van der Waals surface area contributed by atoms with E-state index in [0.717, 1.165) is 5.56 Å². The van der Waals surface area contributed by atoms with Crippen molar-refractivity contribution in [2.24, 2.45) is 5.84 Å². The fourth-order valence-electron chi connectivity index (χ4n) is 1.38. The van der Waals surface area contributed by atoms with Gasteiger partial charge in [-0.3, -0.25) is 9.36 Å². The second kappa shape index (κ2) is 5.23. The molecule has 0 fully saturated rings. The smallest absolute Gasteiger partial charge is 0.267 e. The first-order chi connectivity index (χ1) is 8.20. The summed E-state index contributed by atoms with van der Waals surface area (Å²) in [5.41, 5.74) is 3.34. The zero-order valence-corrected chi connectivity index (χ0v) is 11.0. The molecule has 88 valence electrons. The predicted molar refractivity (Wildman–Crippen MR) is 72.4 cm³/mol. The van der Waals surface area contributed by atoms with E-state index < -0.39 is 0 Å². The average Bonchev–Trinajstić information content (AvgIpc) is 2.35. The van der Waals surface area contributed by atoms with Gasteiger partial charge in [-0.05, 0) is 40.3 Å². The van der Waals surface area contributed by atoms with Gasteiger partial charge in [0.25, 0.3) is 5.56 Å². The van der Waals surface area contributed by atoms with Crippen LogP contribution in [0.4, 0.5) is 5.82 Å². The van der Waals surface area contributed by atoms with Crippen LogP contribution in [0.3, 0.4) is 0 Å². The lowest BCUT2D eigenvalue weighted by Crippen LogP contribution is -2.23. The van der Waals surface area contributed by atoms with E-state index in [2.05, 4.69) is 15.4 Å². The maximum absolute atomic E-state index is 11.8. The summed E-state index contributed by atoms with van der Waals surface area (Å²) in [6.07, 6.45) is 4.69. The van der Waals surface area contributed by atoms with Crippen LogP contribution < -0.4 is 16.8 Å². The van der Waals surface area contributed by atoms with Crippen LogP contribution in [0.15, 0.2) is 35.6 Å². The van der Waals surface area contributed by atoms with Crippen molar-refractivity contribution >= 4 is 28.4 Å². The minimum absolute atomic E-state index is 0.0559. The standard InChI is InChI=1S/C10H10IN5O/c11-8-4-13-6-16(10(8)17)5-7-1-2-14-9(3-7)15-12/h1-4,6H,5,12H2,(H,14,15). The Morgan fingerprint density at radius 1 is 1.53 bits per heavy atom. The summed E-state index contributed by atoms with van der Waals surface area (Å²) in [5, 5.41) is 0. The van der Waals surface area contributed by atoms with E-state index in [1.165, 1.54) is 10.9 Å². The Morgan fingerprint density at radius 2 is 2.35 bits per heavy atom. The minimum Gasteiger partial charge on any atom is -0.308 e. The summed E-state index contributed by atoms with van der Waals surface area (Å²) >= 11 is 1.97. The summed E-state index contributed by atoms with van der Waals surface area (Å²) in [4.78, 5) is 19.8. The van der Waals surface area contributed by atoms with Crippen molar-refractivity contribution in [3.8, 4) is 0 Å². The molecule has 3 N–H and O–H groups in total. The van der Waals surface area contributed by atoms with E-state index in [-0.39, 0.29) is 5.56 Å². The topological polar surface area (TPSA) is 85.8 Å². The molecule has 0 aromatic carbocycles. The van der Waals surface area contributed by atoms with Crippen LogP contribution in [0.25, 0.3) is 0 Å². The molecular weight excluding hydrogens is 333 g/mol. The quantitative estimate of drug-likeness (QED) is 0.484. The van der Waals surface area contributed by atoms with Crippen molar-refractivity contribution in [1.82, 2.24) is 14.5 Å². The summed E-state index contributed by atoms with van der Waals surface area (Å²) < 4.78 is 2.13. The number of halogens is 1. The average molecular weight is 343 g/mol. The zero-order chi connectivity index (χ0) is 12.3. The first-order valence-corrected chi connectivity index (χ1v) is 5.90. The summed E-state index contributed by atoms with van der Waals surface area (Å²) in [6, 6.07) is 3.61. The van der Waals surface area contributed by atoms with Gasteiger partial charge in [0.1, 0.15) is 5.82 Å². The molecule has 0 atom stereocenters. The highest BCUT2D eigenvalue weighted by atomic mass is 127. The van der Waals surface area contributed by atoms with Crippen LogP contribution in [0, 0.1) is 3.57 Å². The predicted octanol–water partition coefficient (Wildman–Crippen LogP) is 0.577. The Labute approximate surface area is 111 Å². The van der Waals surface area contributed by atoms with E-state index in [9.17, 15) is 4.79 Å². The number of hydrogen-bond donors (Lipinski definition) is 2. The van der Waals surface area contributed by atoms with Gasteiger partial charge in [0.15, 0.2) is 0 Å². The normalized spacial score (nSPS) is 10.2. The van der Waals surface area contributed by atoms with Crippen molar-refractivity contribution in [2.45, 2.75) is 6.54 Å².